The summed E-state index contributed by atoms with van der Waals surface area (Å²) in [6.07, 6.45) is 4.91. The number of carbonyl (C=O) groups excluding carboxylic acids is 1. The molecule has 0 spiro atoms. The zero-order valence-corrected chi connectivity index (χ0v) is 16.6. The van der Waals surface area contributed by atoms with E-state index in [0.29, 0.717) is 12.2 Å². The van der Waals surface area contributed by atoms with E-state index in [4.69, 9.17) is 0 Å². The standard InChI is InChI=1S/C22H19N5OS/c1-16-23-21(15-29-16)18-7-9-19(10-8-18)24-22(28)12-11-20-14-27(26-25-20)13-17-5-3-2-4-6-17/h2-12,14-15H,13H2,1H3,(H,24,28)/b12-11+. The van der Waals surface area contributed by atoms with E-state index in [1.54, 1.807) is 28.3 Å². The van der Waals surface area contributed by atoms with Crippen molar-refractivity contribution in [3.8, 4) is 11.3 Å². The maximum atomic E-state index is 12.2. The summed E-state index contributed by atoms with van der Waals surface area (Å²) in [4.78, 5) is 16.6. The lowest BCUT2D eigenvalue weighted by Crippen LogP contribution is -2.07. The van der Waals surface area contributed by atoms with Crippen LogP contribution in [0.25, 0.3) is 17.3 Å². The summed E-state index contributed by atoms with van der Waals surface area (Å²) in [5.74, 6) is -0.222. The van der Waals surface area contributed by atoms with Gasteiger partial charge in [-0.25, -0.2) is 9.67 Å². The molecule has 4 aromatic rings. The molecule has 0 unspecified atom stereocenters. The smallest absolute Gasteiger partial charge is 0.248 e. The van der Waals surface area contributed by atoms with Gasteiger partial charge in [-0.15, -0.1) is 16.4 Å². The van der Waals surface area contributed by atoms with Crippen molar-refractivity contribution in [2.45, 2.75) is 13.5 Å². The Morgan fingerprint density at radius 2 is 1.93 bits per heavy atom. The van der Waals surface area contributed by atoms with E-state index >= 15 is 0 Å². The van der Waals surface area contributed by atoms with Gasteiger partial charge in [0.2, 0.25) is 5.91 Å². The van der Waals surface area contributed by atoms with Crippen molar-refractivity contribution in [1.29, 1.82) is 0 Å². The molecule has 0 fully saturated rings. The fourth-order valence-electron chi connectivity index (χ4n) is 2.80. The van der Waals surface area contributed by atoms with Gasteiger partial charge in [-0.3, -0.25) is 4.79 Å². The van der Waals surface area contributed by atoms with Crippen molar-refractivity contribution in [1.82, 2.24) is 20.0 Å². The highest BCUT2D eigenvalue weighted by Crippen LogP contribution is 2.23. The second-order valence-corrected chi connectivity index (χ2v) is 7.54. The Morgan fingerprint density at radius 1 is 1.14 bits per heavy atom. The highest BCUT2D eigenvalue weighted by molar-refractivity contribution is 7.09. The van der Waals surface area contributed by atoms with Crippen LogP contribution in [0.3, 0.4) is 0 Å². The van der Waals surface area contributed by atoms with E-state index in [1.807, 2.05) is 66.9 Å². The molecule has 0 saturated carbocycles. The molecule has 2 aromatic heterocycles. The molecule has 2 aromatic carbocycles. The Hall–Kier alpha value is -3.58. The van der Waals surface area contributed by atoms with Crippen LogP contribution in [0.15, 0.2) is 72.3 Å². The maximum absolute atomic E-state index is 12.2. The quantitative estimate of drug-likeness (QED) is 0.486. The molecule has 0 aliphatic heterocycles. The lowest BCUT2D eigenvalue weighted by molar-refractivity contribution is -0.111. The fraction of sp³-hybridized carbons (Fsp3) is 0.0909. The summed E-state index contributed by atoms with van der Waals surface area (Å²) >= 11 is 1.62. The number of hydrogen-bond acceptors (Lipinski definition) is 5. The number of nitrogens with one attached hydrogen (secondary N) is 1. The van der Waals surface area contributed by atoms with Crippen LogP contribution in [-0.2, 0) is 11.3 Å². The largest absolute Gasteiger partial charge is 0.323 e. The Labute approximate surface area is 172 Å². The molecular weight excluding hydrogens is 382 g/mol. The third kappa shape index (κ3) is 5.03. The van der Waals surface area contributed by atoms with Crippen LogP contribution < -0.4 is 5.32 Å². The number of thiazole rings is 1. The van der Waals surface area contributed by atoms with Gasteiger partial charge in [0.1, 0.15) is 5.69 Å². The lowest BCUT2D eigenvalue weighted by atomic mass is 10.1. The minimum absolute atomic E-state index is 0.222. The zero-order chi connectivity index (χ0) is 20.1. The molecule has 0 aliphatic carbocycles. The molecule has 6 nitrogen and oxygen atoms in total. The normalized spacial score (nSPS) is 11.1. The van der Waals surface area contributed by atoms with Crippen LogP contribution >= 0.6 is 11.3 Å². The number of anilines is 1. The Balaban J connectivity index is 1.34. The molecule has 1 amide bonds. The monoisotopic (exact) mass is 401 g/mol. The molecule has 0 saturated heterocycles. The molecule has 144 valence electrons. The van der Waals surface area contributed by atoms with Crippen LogP contribution in [0.5, 0.6) is 0 Å². The molecule has 0 aliphatic rings. The van der Waals surface area contributed by atoms with Gasteiger partial charge in [0.25, 0.3) is 0 Å². The number of amides is 1. The molecule has 2 heterocycles. The van der Waals surface area contributed by atoms with Gasteiger partial charge in [-0.1, -0.05) is 47.7 Å². The van der Waals surface area contributed by atoms with Crippen LogP contribution in [0, 0.1) is 6.92 Å². The van der Waals surface area contributed by atoms with E-state index in [-0.39, 0.29) is 5.91 Å². The van der Waals surface area contributed by atoms with Crippen molar-refractivity contribution in [3.63, 3.8) is 0 Å². The minimum atomic E-state index is -0.222. The van der Waals surface area contributed by atoms with Crippen molar-refractivity contribution in [2.24, 2.45) is 0 Å². The van der Waals surface area contributed by atoms with Crippen LogP contribution in [-0.4, -0.2) is 25.9 Å². The Kier molecular flexibility index (Phi) is 5.58. The minimum Gasteiger partial charge on any atom is -0.323 e. The molecule has 0 atom stereocenters. The summed E-state index contributed by atoms with van der Waals surface area (Å²) in [6.45, 7) is 2.62. The average molecular weight is 401 g/mol. The lowest BCUT2D eigenvalue weighted by Gasteiger charge is -2.03. The molecular formula is C22H19N5OS. The highest BCUT2D eigenvalue weighted by Gasteiger charge is 2.04. The molecule has 4 rings (SSSR count). The SMILES string of the molecule is Cc1nc(-c2ccc(NC(=O)/C=C/c3cn(Cc4ccccc4)nn3)cc2)cs1. The molecule has 0 bridgehead atoms. The first-order valence-corrected chi connectivity index (χ1v) is 9.99. The number of nitrogens with zero attached hydrogens (tertiary/aromatic N) is 4. The van der Waals surface area contributed by atoms with Crippen molar-refractivity contribution in [2.75, 3.05) is 5.32 Å². The summed E-state index contributed by atoms with van der Waals surface area (Å²) in [7, 11) is 0. The molecule has 7 heteroatoms. The first kappa shape index (κ1) is 18.8. The topological polar surface area (TPSA) is 72.7 Å². The van der Waals surface area contributed by atoms with Gasteiger partial charge in [-0.05, 0) is 30.7 Å². The Bertz CT molecular complexity index is 1130. The van der Waals surface area contributed by atoms with Gasteiger partial charge in [0, 0.05) is 22.7 Å². The van der Waals surface area contributed by atoms with E-state index < -0.39 is 0 Å². The third-order valence-electron chi connectivity index (χ3n) is 4.22. The number of aromatic nitrogens is 4. The van der Waals surface area contributed by atoms with Crippen LogP contribution in [0.4, 0.5) is 5.69 Å². The zero-order valence-electron chi connectivity index (χ0n) is 15.8. The molecule has 29 heavy (non-hydrogen) atoms. The first-order valence-electron chi connectivity index (χ1n) is 9.11. The van der Waals surface area contributed by atoms with Crippen LogP contribution in [0.2, 0.25) is 0 Å². The van der Waals surface area contributed by atoms with Gasteiger partial charge in [0.05, 0.1) is 23.4 Å². The summed E-state index contributed by atoms with van der Waals surface area (Å²) in [6, 6.07) is 17.6. The number of rotatable bonds is 6. The highest BCUT2D eigenvalue weighted by atomic mass is 32.1. The van der Waals surface area contributed by atoms with Crippen LogP contribution in [0.1, 0.15) is 16.3 Å². The number of aryl methyl sites for hydroxylation is 1. The maximum Gasteiger partial charge on any atom is 0.248 e. The van der Waals surface area contributed by atoms with Crippen molar-refractivity contribution in [3.05, 3.63) is 88.5 Å². The Morgan fingerprint density at radius 3 is 2.66 bits per heavy atom. The average Bonchev–Trinajstić information content (AvgIpc) is 3.37. The number of hydrogen-bond donors (Lipinski definition) is 1. The predicted molar refractivity (Wildman–Crippen MR) is 116 cm³/mol. The van der Waals surface area contributed by atoms with Crippen molar-refractivity contribution >= 4 is 29.0 Å². The number of benzene rings is 2. The summed E-state index contributed by atoms with van der Waals surface area (Å²) in [5.41, 5.74) is 4.47. The third-order valence-corrected chi connectivity index (χ3v) is 4.99. The summed E-state index contributed by atoms with van der Waals surface area (Å²) in [5, 5.41) is 14.1. The van der Waals surface area contributed by atoms with E-state index in [1.165, 1.54) is 6.08 Å². The van der Waals surface area contributed by atoms with E-state index in [9.17, 15) is 4.79 Å². The molecule has 0 radical (unpaired) electrons. The first-order chi connectivity index (χ1) is 14.2. The summed E-state index contributed by atoms with van der Waals surface area (Å²) < 4.78 is 1.74. The van der Waals surface area contributed by atoms with Crippen molar-refractivity contribution < 1.29 is 4.79 Å². The van der Waals surface area contributed by atoms with Gasteiger partial charge >= 0.3 is 0 Å². The fourth-order valence-corrected chi connectivity index (χ4v) is 3.42. The van der Waals surface area contributed by atoms with Gasteiger partial charge < -0.3 is 5.32 Å². The predicted octanol–water partition coefficient (Wildman–Crippen LogP) is 4.41. The molecule has 1 N–H and O–H groups in total. The van der Waals surface area contributed by atoms with Gasteiger partial charge in [0.15, 0.2) is 0 Å². The van der Waals surface area contributed by atoms with E-state index in [2.05, 4.69) is 20.6 Å². The van der Waals surface area contributed by atoms with E-state index in [0.717, 1.165) is 27.5 Å². The number of carbonyl (C=O) groups is 1. The second-order valence-electron chi connectivity index (χ2n) is 6.48. The second kappa shape index (κ2) is 8.62. The van der Waals surface area contributed by atoms with Gasteiger partial charge in [-0.2, -0.15) is 0 Å².